The summed E-state index contributed by atoms with van der Waals surface area (Å²) in [5.41, 5.74) is -0.219. The van der Waals surface area contributed by atoms with E-state index < -0.39 is 61.6 Å². The van der Waals surface area contributed by atoms with Gasteiger partial charge in [0.2, 0.25) is 0 Å². The van der Waals surface area contributed by atoms with Gasteiger partial charge in [-0.3, -0.25) is 0 Å². The average molecular weight is 464 g/mol. The highest BCUT2D eigenvalue weighted by Gasteiger charge is 2.31. The van der Waals surface area contributed by atoms with Crippen LogP contribution in [0.2, 0.25) is 0 Å². The number of cyclic esters (lactones) is 4. The number of ether oxygens (including phenoxy) is 7. The van der Waals surface area contributed by atoms with Crippen LogP contribution >= 0.6 is 0 Å². The van der Waals surface area contributed by atoms with Crippen LogP contribution in [0.1, 0.15) is 31.1 Å². The van der Waals surface area contributed by atoms with E-state index in [0.717, 1.165) is 12.1 Å². The molecule has 0 radical (unpaired) electrons. The smallest absolute Gasteiger partial charge is 0.458 e. The molecule has 0 bridgehead atoms. The van der Waals surface area contributed by atoms with E-state index in [4.69, 9.17) is 18.9 Å². The lowest BCUT2D eigenvalue weighted by Gasteiger charge is -2.18. The third-order valence-corrected chi connectivity index (χ3v) is 4.16. The maximum Gasteiger partial charge on any atom is 0.508 e. The second-order valence-corrected chi connectivity index (χ2v) is 6.47. The molecule has 1 saturated heterocycles. The van der Waals surface area contributed by atoms with Crippen LogP contribution < -0.4 is 0 Å². The van der Waals surface area contributed by atoms with Gasteiger partial charge in [-0.15, -0.1) is 0 Å². The van der Waals surface area contributed by atoms with Crippen molar-refractivity contribution in [3.63, 3.8) is 0 Å². The van der Waals surface area contributed by atoms with Crippen LogP contribution in [-0.2, 0) is 38.0 Å². The molecule has 2 aliphatic rings. The maximum atomic E-state index is 12.5. The Balaban J connectivity index is 1.57. The van der Waals surface area contributed by atoms with Crippen molar-refractivity contribution in [2.45, 2.75) is 12.2 Å². The van der Waals surface area contributed by atoms with Gasteiger partial charge in [0, 0.05) is 6.08 Å². The second-order valence-electron chi connectivity index (χ2n) is 6.47. The zero-order valence-electron chi connectivity index (χ0n) is 16.8. The Morgan fingerprint density at radius 2 is 1.79 bits per heavy atom. The quantitative estimate of drug-likeness (QED) is 0.219. The molecule has 2 heterocycles. The van der Waals surface area contributed by atoms with Gasteiger partial charge in [-0.2, -0.15) is 0 Å². The Morgan fingerprint density at radius 3 is 2.48 bits per heavy atom. The van der Waals surface area contributed by atoms with Crippen LogP contribution in [0.4, 0.5) is 9.59 Å². The van der Waals surface area contributed by atoms with Gasteiger partial charge in [0.1, 0.15) is 26.4 Å². The van der Waals surface area contributed by atoms with E-state index >= 15 is 0 Å². The molecule has 174 valence electrons. The molecule has 2 atom stereocenters. The minimum atomic E-state index is -1.26. The van der Waals surface area contributed by atoms with Crippen molar-refractivity contribution in [2.24, 2.45) is 0 Å². The van der Waals surface area contributed by atoms with Gasteiger partial charge in [0.15, 0.2) is 12.2 Å². The Morgan fingerprint density at radius 1 is 1.06 bits per heavy atom. The second kappa shape index (κ2) is 10.3. The number of rotatable bonds is 9. The van der Waals surface area contributed by atoms with Crippen molar-refractivity contribution >= 4 is 36.2 Å². The normalized spacial score (nSPS) is 17.1. The summed E-state index contributed by atoms with van der Waals surface area (Å²) in [6.07, 6.45) is -3.23. The summed E-state index contributed by atoms with van der Waals surface area (Å²) < 4.78 is 33.3. The van der Waals surface area contributed by atoms with Crippen LogP contribution in [0.15, 0.2) is 30.9 Å². The third kappa shape index (κ3) is 6.06. The summed E-state index contributed by atoms with van der Waals surface area (Å²) in [6.45, 7) is 1.74. The zero-order chi connectivity index (χ0) is 24.0. The number of benzene rings is 1. The molecule has 1 aromatic rings. The Labute approximate surface area is 185 Å². The van der Waals surface area contributed by atoms with Gasteiger partial charge >= 0.3 is 36.2 Å². The molecule has 1 fully saturated rings. The van der Waals surface area contributed by atoms with E-state index in [1.54, 1.807) is 0 Å². The van der Waals surface area contributed by atoms with E-state index in [9.17, 15) is 28.8 Å². The molecule has 0 saturated carbocycles. The Hall–Kier alpha value is -4.42. The zero-order valence-corrected chi connectivity index (χ0v) is 16.8. The molecule has 13 heteroatoms. The van der Waals surface area contributed by atoms with Crippen molar-refractivity contribution in [1.82, 2.24) is 0 Å². The lowest BCUT2D eigenvalue weighted by atomic mass is 10.1. The Kier molecular flexibility index (Phi) is 7.23. The molecule has 3 rings (SSSR count). The number of hydrogen-bond acceptors (Lipinski definition) is 13. The van der Waals surface area contributed by atoms with Crippen molar-refractivity contribution in [3.05, 3.63) is 47.5 Å². The number of hydrogen-bond donors (Lipinski definition) is 0. The fourth-order valence-electron chi connectivity index (χ4n) is 2.59. The summed E-state index contributed by atoms with van der Waals surface area (Å²) in [7, 11) is 0. The van der Waals surface area contributed by atoms with Crippen molar-refractivity contribution < 1.29 is 61.9 Å². The number of carbonyl (C=O) groups excluding carboxylic acids is 6. The van der Waals surface area contributed by atoms with E-state index in [0.29, 0.717) is 0 Å². The fourth-order valence-corrected chi connectivity index (χ4v) is 2.59. The molecular formula is C20H16O13. The highest BCUT2D eigenvalue weighted by molar-refractivity contribution is 6.15. The molecular weight excluding hydrogens is 448 g/mol. The first-order valence-electron chi connectivity index (χ1n) is 9.30. The summed E-state index contributed by atoms with van der Waals surface area (Å²) in [6, 6.07) is 3.56. The molecule has 13 nitrogen and oxygen atoms in total. The fraction of sp³-hybridized carbons (Fsp3) is 0.300. The molecule has 33 heavy (non-hydrogen) atoms. The minimum absolute atomic E-state index is 0.00238. The van der Waals surface area contributed by atoms with Crippen molar-refractivity contribution in [3.8, 4) is 0 Å². The van der Waals surface area contributed by atoms with Crippen LogP contribution in [0, 0.1) is 0 Å². The topological polar surface area (TPSA) is 167 Å². The van der Waals surface area contributed by atoms with Gasteiger partial charge in [0.25, 0.3) is 0 Å². The van der Waals surface area contributed by atoms with Crippen LogP contribution in [0.3, 0.4) is 0 Å². The summed E-state index contributed by atoms with van der Waals surface area (Å²) in [4.78, 5) is 69.6. The van der Waals surface area contributed by atoms with Gasteiger partial charge < -0.3 is 33.2 Å². The SMILES string of the molecule is C=CC(=O)OCC(COC(=O)OCC1COC(=O)O1)OC(=O)c1ccc2c(c1)C(=O)OC2=O. The molecule has 0 aromatic heterocycles. The standard InChI is InChI=1S/C20H16O13/c1-2-15(21)27-6-11(7-28-19(25)29-8-12-9-30-20(26)32-12)31-16(22)10-3-4-13-14(5-10)18(24)33-17(13)23/h2-5,11-12H,1,6-9H2. The van der Waals surface area contributed by atoms with Gasteiger partial charge in [-0.05, 0) is 18.2 Å². The summed E-state index contributed by atoms with van der Waals surface area (Å²) >= 11 is 0. The molecule has 0 spiro atoms. The van der Waals surface area contributed by atoms with E-state index in [-0.39, 0.29) is 29.9 Å². The first-order valence-corrected chi connectivity index (χ1v) is 9.30. The number of fused-ring (bicyclic) bond motifs is 1. The molecule has 1 aromatic carbocycles. The van der Waals surface area contributed by atoms with E-state index in [2.05, 4.69) is 20.8 Å². The van der Waals surface area contributed by atoms with Gasteiger partial charge in [-0.25, -0.2) is 28.8 Å². The monoisotopic (exact) mass is 464 g/mol. The van der Waals surface area contributed by atoms with Crippen molar-refractivity contribution in [1.29, 1.82) is 0 Å². The van der Waals surface area contributed by atoms with E-state index in [1.807, 2.05) is 0 Å². The van der Waals surface area contributed by atoms with Crippen molar-refractivity contribution in [2.75, 3.05) is 26.4 Å². The molecule has 0 aliphatic carbocycles. The lowest BCUT2D eigenvalue weighted by Crippen LogP contribution is -2.31. The molecule has 2 unspecified atom stereocenters. The minimum Gasteiger partial charge on any atom is -0.458 e. The molecule has 2 aliphatic heterocycles. The summed E-state index contributed by atoms with van der Waals surface area (Å²) in [5.74, 6) is -3.53. The number of carbonyl (C=O) groups is 6. The number of esters is 4. The third-order valence-electron chi connectivity index (χ3n) is 4.16. The van der Waals surface area contributed by atoms with Gasteiger partial charge in [0.05, 0.1) is 16.7 Å². The lowest BCUT2D eigenvalue weighted by molar-refractivity contribution is -0.141. The molecule has 0 N–H and O–H groups in total. The maximum absolute atomic E-state index is 12.5. The van der Waals surface area contributed by atoms with Crippen LogP contribution in [0.5, 0.6) is 0 Å². The largest absolute Gasteiger partial charge is 0.508 e. The predicted molar refractivity (Wildman–Crippen MR) is 100 cm³/mol. The Bertz CT molecular complexity index is 1010. The van der Waals surface area contributed by atoms with Crippen LogP contribution in [-0.4, -0.2) is 74.8 Å². The van der Waals surface area contributed by atoms with E-state index in [1.165, 1.54) is 12.1 Å². The van der Waals surface area contributed by atoms with Gasteiger partial charge in [-0.1, -0.05) is 6.58 Å². The summed E-state index contributed by atoms with van der Waals surface area (Å²) in [5, 5.41) is 0. The first kappa shape index (κ1) is 23.2. The van der Waals surface area contributed by atoms with Crippen LogP contribution in [0.25, 0.3) is 0 Å². The predicted octanol–water partition coefficient (Wildman–Crippen LogP) is 0.940. The average Bonchev–Trinajstić information content (AvgIpc) is 3.35. The first-order chi connectivity index (χ1) is 15.8. The molecule has 0 amide bonds. The highest BCUT2D eigenvalue weighted by Crippen LogP contribution is 2.22. The highest BCUT2D eigenvalue weighted by atomic mass is 16.8.